The van der Waals surface area contributed by atoms with Crippen molar-refractivity contribution in [1.82, 2.24) is 4.98 Å². The average Bonchev–Trinajstić information content (AvgIpc) is 2.49. The van der Waals surface area contributed by atoms with Gasteiger partial charge in [-0.15, -0.1) is 0 Å². The topological polar surface area (TPSA) is 61.8 Å². The first kappa shape index (κ1) is 16.8. The molecule has 20 heavy (non-hydrogen) atoms. The molecule has 114 valence electrons. The van der Waals surface area contributed by atoms with Crippen LogP contribution in [-0.4, -0.2) is 58.8 Å². The second-order valence-corrected chi connectivity index (χ2v) is 4.03. The second-order valence-electron chi connectivity index (χ2n) is 4.03. The lowest BCUT2D eigenvalue weighted by Gasteiger charge is -2.09. The number of pyridine rings is 1. The van der Waals surface area contributed by atoms with Crippen LogP contribution in [0, 0.1) is 0 Å². The molecule has 0 saturated heterocycles. The lowest BCUT2D eigenvalue weighted by Crippen LogP contribution is -2.11. The lowest BCUT2D eigenvalue weighted by atomic mass is 10.3. The summed E-state index contributed by atoms with van der Waals surface area (Å²) in [6, 6.07) is 3.89. The molecule has 0 bridgehead atoms. The normalized spacial score (nSPS) is 10.7. The zero-order valence-corrected chi connectivity index (χ0v) is 12.3. The van der Waals surface area contributed by atoms with Crippen LogP contribution in [0.4, 0.5) is 5.82 Å². The standard InChI is InChI=1S/C14H24N2O4/c1-15-14-13(4-3-5-16-14)12-20-11-10-19-9-8-18-7-6-17-2/h3-5H,6-12H2,1-2H3,(H,15,16). The molecule has 0 amide bonds. The molecule has 0 aromatic carbocycles. The van der Waals surface area contributed by atoms with E-state index in [-0.39, 0.29) is 0 Å². The maximum Gasteiger partial charge on any atom is 0.131 e. The predicted octanol–water partition coefficient (Wildman–Crippen LogP) is 1.32. The number of hydrogen-bond donors (Lipinski definition) is 1. The molecule has 0 fully saturated rings. The minimum Gasteiger partial charge on any atom is -0.382 e. The van der Waals surface area contributed by atoms with Gasteiger partial charge in [-0.25, -0.2) is 4.98 Å². The van der Waals surface area contributed by atoms with Crippen molar-refractivity contribution in [3.63, 3.8) is 0 Å². The fourth-order valence-electron chi connectivity index (χ4n) is 1.54. The smallest absolute Gasteiger partial charge is 0.131 e. The molecule has 0 aliphatic heterocycles. The highest BCUT2D eigenvalue weighted by atomic mass is 16.6. The van der Waals surface area contributed by atoms with Crippen LogP contribution in [0.25, 0.3) is 0 Å². The number of aromatic nitrogens is 1. The summed E-state index contributed by atoms with van der Waals surface area (Å²) in [4.78, 5) is 4.21. The van der Waals surface area contributed by atoms with Gasteiger partial charge in [0.05, 0.1) is 46.2 Å². The third-order valence-electron chi connectivity index (χ3n) is 2.56. The molecule has 6 nitrogen and oxygen atoms in total. The maximum absolute atomic E-state index is 5.54. The molecule has 1 aromatic heterocycles. The van der Waals surface area contributed by atoms with Gasteiger partial charge < -0.3 is 24.3 Å². The van der Waals surface area contributed by atoms with Crippen LogP contribution in [-0.2, 0) is 25.6 Å². The highest BCUT2D eigenvalue weighted by molar-refractivity contribution is 5.42. The number of anilines is 1. The van der Waals surface area contributed by atoms with Crippen molar-refractivity contribution in [3.8, 4) is 0 Å². The summed E-state index contributed by atoms with van der Waals surface area (Å²) < 4.78 is 21.1. The number of methoxy groups -OCH3 is 1. The molecule has 0 radical (unpaired) electrons. The van der Waals surface area contributed by atoms with Crippen LogP contribution >= 0.6 is 0 Å². The van der Waals surface area contributed by atoms with Crippen molar-refractivity contribution in [2.75, 3.05) is 59.1 Å². The first-order valence-corrected chi connectivity index (χ1v) is 6.72. The predicted molar refractivity (Wildman–Crippen MR) is 77.0 cm³/mol. The van der Waals surface area contributed by atoms with Crippen LogP contribution in [0.15, 0.2) is 18.3 Å². The van der Waals surface area contributed by atoms with Gasteiger partial charge >= 0.3 is 0 Å². The highest BCUT2D eigenvalue weighted by Gasteiger charge is 2.00. The Balaban J connectivity index is 1.97. The first-order chi connectivity index (χ1) is 9.88. The number of nitrogens with one attached hydrogen (secondary N) is 1. The fraction of sp³-hybridized carbons (Fsp3) is 0.643. The van der Waals surface area contributed by atoms with E-state index < -0.39 is 0 Å². The largest absolute Gasteiger partial charge is 0.382 e. The van der Waals surface area contributed by atoms with Crippen molar-refractivity contribution in [1.29, 1.82) is 0 Å². The van der Waals surface area contributed by atoms with Crippen LogP contribution in [0.2, 0.25) is 0 Å². The molecular formula is C14H24N2O4. The quantitative estimate of drug-likeness (QED) is 0.584. The van der Waals surface area contributed by atoms with Crippen LogP contribution < -0.4 is 5.32 Å². The van der Waals surface area contributed by atoms with Gasteiger partial charge in [0, 0.05) is 25.9 Å². The Kier molecular flexibility index (Phi) is 9.77. The molecule has 1 heterocycles. The molecule has 0 aliphatic rings. The van der Waals surface area contributed by atoms with E-state index in [0.717, 1.165) is 11.4 Å². The van der Waals surface area contributed by atoms with E-state index in [0.29, 0.717) is 46.2 Å². The van der Waals surface area contributed by atoms with Crippen molar-refractivity contribution in [2.45, 2.75) is 6.61 Å². The minimum absolute atomic E-state index is 0.526. The summed E-state index contributed by atoms with van der Waals surface area (Å²) in [6.07, 6.45) is 1.75. The first-order valence-electron chi connectivity index (χ1n) is 6.72. The summed E-state index contributed by atoms with van der Waals surface area (Å²) in [5.41, 5.74) is 1.04. The highest BCUT2D eigenvalue weighted by Crippen LogP contribution is 2.11. The molecule has 0 aliphatic carbocycles. The second kappa shape index (κ2) is 11.6. The number of ether oxygens (including phenoxy) is 4. The van der Waals surface area contributed by atoms with Crippen LogP contribution in [0.5, 0.6) is 0 Å². The Morgan fingerprint density at radius 2 is 1.65 bits per heavy atom. The molecule has 1 N–H and O–H groups in total. The van der Waals surface area contributed by atoms with E-state index in [1.54, 1.807) is 13.3 Å². The monoisotopic (exact) mass is 284 g/mol. The van der Waals surface area contributed by atoms with Crippen molar-refractivity contribution >= 4 is 5.82 Å². The van der Waals surface area contributed by atoms with Gasteiger partial charge in [0.15, 0.2) is 0 Å². The zero-order chi connectivity index (χ0) is 14.5. The van der Waals surface area contributed by atoms with Crippen molar-refractivity contribution in [3.05, 3.63) is 23.9 Å². The van der Waals surface area contributed by atoms with Gasteiger partial charge in [-0.2, -0.15) is 0 Å². The Morgan fingerprint density at radius 3 is 2.30 bits per heavy atom. The van der Waals surface area contributed by atoms with E-state index in [9.17, 15) is 0 Å². The van der Waals surface area contributed by atoms with Gasteiger partial charge in [-0.3, -0.25) is 0 Å². The third-order valence-corrected chi connectivity index (χ3v) is 2.56. The Bertz CT molecular complexity index is 350. The van der Waals surface area contributed by atoms with Crippen LogP contribution in [0.1, 0.15) is 5.56 Å². The molecule has 0 atom stereocenters. The van der Waals surface area contributed by atoms with Gasteiger partial charge in [0.2, 0.25) is 0 Å². The zero-order valence-electron chi connectivity index (χ0n) is 12.3. The van der Waals surface area contributed by atoms with E-state index in [1.165, 1.54) is 0 Å². The number of hydrogen-bond acceptors (Lipinski definition) is 6. The van der Waals surface area contributed by atoms with Crippen molar-refractivity contribution in [2.24, 2.45) is 0 Å². The number of rotatable bonds is 12. The molecule has 1 aromatic rings. The van der Waals surface area contributed by atoms with Gasteiger partial charge in [-0.05, 0) is 6.07 Å². The maximum atomic E-state index is 5.54. The van der Waals surface area contributed by atoms with E-state index in [4.69, 9.17) is 18.9 Å². The molecular weight excluding hydrogens is 260 g/mol. The van der Waals surface area contributed by atoms with Gasteiger partial charge in [-0.1, -0.05) is 6.07 Å². The Hall–Kier alpha value is -1.21. The third kappa shape index (κ3) is 7.40. The summed E-state index contributed by atoms with van der Waals surface area (Å²) in [6.45, 7) is 4.00. The van der Waals surface area contributed by atoms with E-state index in [2.05, 4.69) is 10.3 Å². The summed E-state index contributed by atoms with van der Waals surface area (Å²) in [5, 5.41) is 3.03. The molecule has 6 heteroatoms. The average molecular weight is 284 g/mol. The number of nitrogens with zero attached hydrogens (tertiary/aromatic N) is 1. The van der Waals surface area contributed by atoms with Gasteiger partial charge in [0.25, 0.3) is 0 Å². The SMILES string of the molecule is CNc1ncccc1COCCOCCOCCOC. The van der Waals surface area contributed by atoms with Gasteiger partial charge in [0.1, 0.15) is 5.82 Å². The van der Waals surface area contributed by atoms with Crippen LogP contribution in [0.3, 0.4) is 0 Å². The fourth-order valence-corrected chi connectivity index (χ4v) is 1.54. The lowest BCUT2D eigenvalue weighted by molar-refractivity contribution is 0.000908. The molecule has 0 saturated carbocycles. The Labute approximate surface area is 120 Å². The van der Waals surface area contributed by atoms with E-state index in [1.807, 2.05) is 19.2 Å². The Morgan fingerprint density at radius 1 is 1.00 bits per heavy atom. The summed E-state index contributed by atoms with van der Waals surface area (Å²) in [5.74, 6) is 0.847. The summed E-state index contributed by atoms with van der Waals surface area (Å²) in [7, 11) is 3.50. The van der Waals surface area contributed by atoms with Crippen molar-refractivity contribution < 1.29 is 18.9 Å². The molecule has 0 unspecified atom stereocenters. The molecule has 1 rings (SSSR count). The summed E-state index contributed by atoms with van der Waals surface area (Å²) >= 11 is 0. The molecule has 0 spiro atoms. The minimum atomic E-state index is 0.526. The van der Waals surface area contributed by atoms with E-state index >= 15 is 0 Å².